The number of carboxylic acids is 1. The summed E-state index contributed by atoms with van der Waals surface area (Å²) >= 11 is 0. The number of aromatic nitrogens is 1. The van der Waals surface area contributed by atoms with Gasteiger partial charge in [0.1, 0.15) is 6.61 Å². The predicted molar refractivity (Wildman–Crippen MR) is 77.7 cm³/mol. The number of aromatic amines is 1. The SMILES string of the molecule is O=C(O)c1cccc2[nH]c(COc3ccccc3O)cc12. The molecule has 0 aliphatic carbocycles. The lowest BCUT2D eigenvalue weighted by molar-refractivity contribution is 0.0699. The van der Waals surface area contributed by atoms with E-state index in [-0.39, 0.29) is 17.9 Å². The van der Waals surface area contributed by atoms with Crippen LogP contribution in [0.5, 0.6) is 11.5 Å². The van der Waals surface area contributed by atoms with E-state index in [4.69, 9.17) is 9.84 Å². The summed E-state index contributed by atoms with van der Waals surface area (Å²) < 4.78 is 5.52. The van der Waals surface area contributed by atoms with Crippen molar-refractivity contribution >= 4 is 16.9 Å². The second kappa shape index (κ2) is 5.20. The molecule has 0 aliphatic rings. The van der Waals surface area contributed by atoms with E-state index in [2.05, 4.69) is 4.98 Å². The number of hydrogen-bond donors (Lipinski definition) is 3. The van der Waals surface area contributed by atoms with Gasteiger partial charge in [0.15, 0.2) is 11.5 Å². The highest BCUT2D eigenvalue weighted by Crippen LogP contribution is 2.26. The molecule has 1 heterocycles. The molecule has 0 bridgehead atoms. The van der Waals surface area contributed by atoms with Crippen LogP contribution in [0.25, 0.3) is 10.9 Å². The van der Waals surface area contributed by atoms with Crippen LogP contribution in [0.1, 0.15) is 16.1 Å². The van der Waals surface area contributed by atoms with Crippen LogP contribution in [0.3, 0.4) is 0 Å². The smallest absolute Gasteiger partial charge is 0.336 e. The Morgan fingerprint density at radius 2 is 1.95 bits per heavy atom. The van der Waals surface area contributed by atoms with Crippen molar-refractivity contribution in [3.63, 3.8) is 0 Å². The average Bonchev–Trinajstić information content (AvgIpc) is 2.88. The number of phenolic OH excluding ortho intramolecular Hbond substituents is 1. The number of phenols is 1. The maximum Gasteiger partial charge on any atom is 0.336 e. The molecule has 106 valence electrons. The van der Waals surface area contributed by atoms with Gasteiger partial charge in [-0.1, -0.05) is 18.2 Å². The van der Waals surface area contributed by atoms with Crippen LogP contribution < -0.4 is 4.74 Å². The normalized spacial score (nSPS) is 10.7. The van der Waals surface area contributed by atoms with Crippen molar-refractivity contribution in [2.45, 2.75) is 6.61 Å². The monoisotopic (exact) mass is 283 g/mol. The van der Waals surface area contributed by atoms with Crippen LogP contribution in [0.4, 0.5) is 0 Å². The molecule has 3 N–H and O–H groups in total. The fraction of sp³-hybridized carbons (Fsp3) is 0.0625. The lowest BCUT2D eigenvalue weighted by Gasteiger charge is -2.05. The number of hydrogen-bond acceptors (Lipinski definition) is 3. The minimum atomic E-state index is -0.965. The Morgan fingerprint density at radius 1 is 1.14 bits per heavy atom. The Bertz CT molecular complexity index is 807. The quantitative estimate of drug-likeness (QED) is 0.687. The molecule has 0 amide bonds. The Labute approximate surface area is 120 Å². The van der Waals surface area contributed by atoms with E-state index in [0.717, 1.165) is 11.2 Å². The minimum Gasteiger partial charge on any atom is -0.504 e. The van der Waals surface area contributed by atoms with Crippen LogP contribution >= 0.6 is 0 Å². The molecule has 0 atom stereocenters. The summed E-state index contributed by atoms with van der Waals surface area (Å²) in [5.74, 6) is -0.512. The summed E-state index contributed by atoms with van der Waals surface area (Å²) in [7, 11) is 0. The standard InChI is InChI=1S/C16H13NO4/c18-14-6-1-2-7-15(14)21-9-10-8-12-11(16(19)20)4-3-5-13(12)17-10/h1-8,17-18H,9H2,(H,19,20). The zero-order chi connectivity index (χ0) is 14.8. The van der Waals surface area contributed by atoms with E-state index in [1.165, 1.54) is 0 Å². The molecule has 5 heteroatoms. The molecule has 0 aliphatic heterocycles. The molecule has 5 nitrogen and oxygen atoms in total. The van der Waals surface area contributed by atoms with Crippen LogP contribution in [0.2, 0.25) is 0 Å². The van der Waals surface area contributed by atoms with Gasteiger partial charge in [-0.15, -0.1) is 0 Å². The third kappa shape index (κ3) is 2.53. The zero-order valence-corrected chi connectivity index (χ0v) is 11.0. The Hall–Kier alpha value is -2.95. The maximum absolute atomic E-state index is 11.2. The van der Waals surface area contributed by atoms with Gasteiger partial charge < -0.3 is 19.9 Å². The van der Waals surface area contributed by atoms with Crippen molar-refractivity contribution in [2.75, 3.05) is 0 Å². The number of carbonyl (C=O) groups is 1. The maximum atomic E-state index is 11.2. The summed E-state index contributed by atoms with van der Waals surface area (Å²) in [4.78, 5) is 14.3. The number of para-hydroxylation sites is 2. The van der Waals surface area contributed by atoms with Crippen molar-refractivity contribution in [3.05, 3.63) is 59.8 Å². The van der Waals surface area contributed by atoms with Gasteiger partial charge in [-0.05, 0) is 30.3 Å². The first-order valence-corrected chi connectivity index (χ1v) is 6.40. The van der Waals surface area contributed by atoms with E-state index in [9.17, 15) is 9.90 Å². The molecule has 0 radical (unpaired) electrons. The van der Waals surface area contributed by atoms with E-state index in [1.54, 1.807) is 42.5 Å². The third-order valence-electron chi connectivity index (χ3n) is 3.20. The molecule has 0 saturated heterocycles. The molecular weight excluding hydrogens is 270 g/mol. The number of carboxylic acid groups (broad SMARTS) is 1. The summed E-state index contributed by atoms with van der Waals surface area (Å²) in [6.07, 6.45) is 0. The summed E-state index contributed by atoms with van der Waals surface area (Å²) in [5, 5.41) is 19.4. The number of nitrogens with one attached hydrogen (secondary N) is 1. The van der Waals surface area contributed by atoms with Gasteiger partial charge >= 0.3 is 5.97 Å². The predicted octanol–water partition coefficient (Wildman–Crippen LogP) is 3.15. The van der Waals surface area contributed by atoms with Crippen molar-refractivity contribution < 1.29 is 19.7 Å². The van der Waals surface area contributed by atoms with Crippen molar-refractivity contribution in [1.82, 2.24) is 4.98 Å². The summed E-state index contributed by atoms with van der Waals surface area (Å²) in [6.45, 7) is 0.214. The fourth-order valence-corrected chi connectivity index (χ4v) is 2.21. The summed E-state index contributed by atoms with van der Waals surface area (Å²) in [5.41, 5.74) is 1.73. The number of benzene rings is 2. The van der Waals surface area contributed by atoms with Gasteiger partial charge in [0.25, 0.3) is 0 Å². The first-order valence-electron chi connectivity index (χ1n) is 6.40. The van der Waals surface area contributed by atoms with Gasteiger partial charge in [0.2, 0.25) is 0 Å². The average molecular weight is 283 g/mol. The summed E-state index contributed by atoms with van der Waals surface area (Å²) in [6, 6.07) is 13.5. The molecule has 3 aromatic rings. The molecule has 0 saturated carbocycles. The number of fused-ring (bicyclic) bond motifs is 1. The molecular formula is C16H13NO4. The van der Waals surface area contributed by atoms with Crippen LogP contribution in [-0.4, -0.2) is 21.2 Å². The lowest BCUT2D eigenvalue weighted by atomic mass is 10.1. The van der Waals surface area contributed by atoms with E-state index in [0.29, 0.717) is 11.1 Å². The lowest BCUT2D eigenvalue weighted by Crippen LogP contribution is -1.96. The molecule has 2 aromatic carbocycles. The molecule has 0 fully saturated rings. The first kappa shape index (κ1) is 13.1. The van der Waals surface area contributed by atoms with Gasteiger partial charge in [-0.25, -0.2) is 4.79 Å². The highest BCUT2D eigenvalue weighted by Gasteiger charge is 2.11. The van der Waals surface area contributed by atoms with E-state index >= 15 is 0 Å². The number of H-pyrrole nitrogens is 1. The van der Waals surface area contributed by atoms with E-state index < -0.39 is 5.97 Å². The van der Waals surface area contributed by atoms with Gasteiger partial charge in [0, 0.05) is 10.9 Å². The highest BCUT2D eigenvalue weighted by molar-refractivity contribution is 6.03. The Kier molecular flexibility index (Phi) is 3.23. The van der Waals surface area contributed by atoms with Crippen molar-refractivity contribution in [3.8, 4) is 11.5 Å². The van der Waals surface area contributed by atoms with Crippen LogP contribution in [0.15, 0.2) is 48.5 Å². The van der Waals surface area contributed by atoms with Gasteiger partial charge in [0.05, 0.1) is 11.3 Å². The second-order valence-corrected chi connectivity index (χ2v) is 4.62. The molecule has 0 spiro atoms. The van der Waals surface area contributed by atoms with E-state index in [1.807, 2.05) is 6.07 Å². The highest BCUT2D eigenvalue weighted by atomic mass is 16.5. The number of aromatic carboxylic acids is 1. The third-order valence-corrected chi connectivity index (χ3v) is 3.20. The van der Waals surface area contributed by atoms with Gasteiger partial charge in [-0.2, -0.15) is 0 Å². The van der Waals surface area contributed by atoms with Crippen molar-refractivity contribution in [1.29, 1.82) is 0 Å². The molecule has 1 aromatic heterocycles. The number of ether oxygens (including phenoxy) is 1. The largest absolute Gasteiger partial charge is 0.504 e. The molecule has 21 heavy (non-hydrogen) atoms. The Balaban J connectivity index is 1.87. The van der Waals surface area contributed by atoms with Crippen molar-refractivity contribution in [2.24, 2.45) is 0 Å². The van der Waals surface area contributed by atoms with Crippen LogP contribution in [-0.2, 0) is 6.61 Å². The second-order valence-electron chi connectivity index (χ2n) is 4.62. The first-order chi connectivity index (χ1) is 10.1. The van der Waals surface area contributed by atoms with Gasteiger partial charge in [-0.3, -0.25) is 0 Å². The Morgan fingerprint density at radius 3 is 2.71 bits per heavy atom. The molecule has 0 unspecified atom stereocenters. The topological polar surface area (TPSA) is 82.5 Å². The van der Waals surface area contributed by atoms with Crippen LogP contribution in [0, 0.1) is 0 Å². The number of aromatic hydroxyl groups is 1. The minimum absolute atomic E-state index is 0.0693. The number of rotatable bonds is 4. The fourth-order valence-electron chi connectivity index (χ4n) is 2.21. The molecule has 3 rings (SSSR count). The zero-order valence-electron chi connectivity index (χ0n) is 11.0.